The molecule has 0 fully saturated rings. The summed E-state index contributed by atoms with van der Waals surface area (Å²) in [6.07, 6.45) is 0.746. The molecule has 0 N–H and O–H groups in total. The molecule has 1 amide bonds. The SMILES string of the molecule is CC(C)(C)N(C(=O)OCCCc1nnc(-c2ccccc2)nn1)c1ccccc1. The maximum absolute atomic E-state index is 12.7. The van der Waals surface area contributed by atoms with Gasteiger partial charge in [0, 0.05) is 23.2 Å². The number of hydrogen-bond donors (Lipinski definition) is 0. The van der Waals surface area contributed by atoms with Gasteiger partial charge in [0.1, 0.15) is 0 Å². The van der Waals surface area contributed by atoms with Crippen LogP contribution in [0.4, 0.5) is 10.5 Å². The van der Waals surface area contributed by atoms with Crippen LogP contribution in [0.15, 0.2) is 60.7 Å². The van der Waals surface area contributed by atoms with E-state index in [1.54, 1.807) is 4.90 Å². The van der Waals surface area contributed by atoms with Crippen molar-refractivity contribution >= 4 is 11.8 Å². The molecule has 1 aromatic heterocycles. The molecular weight excluding hydrogens is 366 g/mol. The number of nitrogens with zero attached hydrogens (tertiary/aromatic N) is 5. The van der Waals surface area contributed by atoms with Crippen LogP contribution in [0.1, 0.15) is 33.0 Å². The second-order valence-electron chi connectivity index (χ2n) is 7.57. The first-order valence-corrected chi connectivity index (χ1v) is 9.59. The molecular formula is C22H25N5O2. The Kier molecular flexibility index (Phi) is 6.49. The lowest BCUT2D eigenvalue weighted by atomic mass is 10.1. The van der Waals surface area contributed by atoms with Crippen molar-refractivity contribution < 1.29 is 9.53 Å². The van der Waals surface area contributed by atoms with Gasteiger partial charge >= 0.3 is 6.09 Å². The minimum Gasteiger partial charge on any atom is -0.449 e. The first-order valence-electron chi connectivity index (χ1n) is 9.59. The second-order valence-corrected chi connectivity index (χ2v) is 7.57. The number of hydrogen-bond acceptors (Lipinski definition) is 6. The third-order valence-electron chi connectivity index (χ3n) is 4.19. The predicted molar refractivity (Wildman–Crippen MR) is 111 cm³/mol. The van der Waals surface area contributed by atoms with Gasteiger partial charge in [-0.25, -0.2) is 4.79 Å². The van der Waals surface area contributed by atoms with E-state index in [9.17, 15) is 4.79 Å². The zero-order valence-corrected chi connectivity index (χ0v) is 16.9. The molecule has 7 nitrogen and oxygen atoms in total. The summed E-state index contributed by atoms with van der Waals surface area (Å²) in [4.78, 5) is 14.3. The number of carbonyl (C=O) groups is 1. The van der Waals surface area contributed by atoms with Gasteiger partial charge in [-0.3, -0.25) is 4.90 Å². The van der Waals surface area contributed by atoms with E-state index in [0.29, 0.717) is 24.5 Å². The van der Waals surface area contributed by atoms with Gasteiger partial charge in [0.05, 0.1) is 6.61 Å². The third kappa shape index (κ3) is 5.57. The van der Waals surface area contributed by atoms with Crippen LogP contribution < -0.4 is 4.90 Å². The average molecular weight is 391 g/mol. The molecule has 0 aliphatic heterocycles. The van der Waals surface area contributed by atoms with Gasteiger partial charge in [0.15, 0.2) is 5.82 Å². The number of aromatic nitrogens is 4. The van der Waals surface area contributed by atoms with E-state index >= 15 is 0 Å². The van der Waals surface area contributed by atoms with Crippen molar-refractivity contribution in [1.29, 1.82) is 0 Å². The highest BCUT2D eigenvalue weighted by molar-refractivity contribution is 5.89. The fourth-order valence-corrected chi connectivity index (χ4v) is 2.85. The van der Waals surface area contributed by atoms with E-state index in [2.05, 4.69) is 20.4 Å². The Hall–Kier alpha value is -3.35. The van der Waals surface area contributed by atoms with E-state index in [0.717, 1.165) is 11.3 Å². The van der Waals surface area contributed by atoms with Crippen LogP contribution in [0.3, 0.4) is 0 Å². The molecule has 3 aromatic rings. The van der Waals surface area contributed by atoms with Gasteiger partial charge in [0.25, 0.3) is 0 Å². The van der Waals surface area contributed by atoms with Crippen LogP contribution in [0.25, 0.3) is 11.4 Å². The number of carbonyl (C=O) groups excluding carboxylic acids is 1. The van der Waals surface area contributed by atoms with Crippen molar-refractivity contribution in [3.05, 3.63) is 66.5 Å². The van der Waals surface area contributed by atoms with Gasteiger partial charge < -0.3 is 4.74 Å². The minimum absolute atomic E-state index is 0.266. The van der Waals surface area contributed by atoms with E-state index in [4.69, 9.17) is 4.74 Å². The molecule has 7 heteroatoms. The summed E-state index contributed by atoms with van der Waals surface area (Å²) < 4.78 is 5.49. The van der Waals surface area contributed by atoms with Gasteiger partial charge in [-0.2, -0.15) is 0 Å². The Morgan fingerprint density at radius 2 is 1.48 bits per heavy atom. The molecule has 0 bridgehead atoms. The van der Waals surface area contributed by atoms with Crippen LogP contribution in [-0.4, -0.2) is 38.6 Å². The van der Waals surface area contributed by atoms with Gasteiger partial charge in [-0.15, -0.1) is 20.4 Å². The molecule has 0 saturated heterocycles. The lowest BCUT2D eigenvalue weighted by molar-refractivity contribution is 0.146. The maximum atomic E-state index is 12.7. The van der Waals surface area contributed by atoms with Crippen molar-refractivity contribution in [2.45, 2.75) is 39.2 Å². The Labute approximate surface area is 170 Å². The molecule has 2 aromatic carbocycles. The number of benzene rings is 2. The number of rotatable bonds is 6. The van der Waals surface area contributed by atoms with Crippen molar-refractivity contribution in [1.82, 2.24) is 20.4 Å². The standard InChI is InChI=1S/C22H25N5O2/c1-22(2,3)27(18-13-8-5-9-14-18)21(28)29-16-10-15-19-23-25-20(26-24-19)17-11-6-4-7-12-17/h4-9,11-14H,10,15-16H2,1-3H3. The zero-order valence-electron chi connectivity index (χ0n) is 16.9. The Bertz CT molecular complexity index is 909. The summed E-state index contributed by atoms with van der Waals surface area (Å²) in [6, 6.07) is 19.1. The van der Waals surface area contributed by atoms with Crippen molar-refractivity contribution in [2.75, 3.05) is 11.5 Å². The van der Waals surface area contributed by atoms with Crippen molar-refractivity contribution in [3.8, 4) is 11.4 Å². The van der Waals surface area contributed by atoms with E-state index in [1.165, 1.54) is 0 Å². The number of aryl methyl sites for hydroxylation is 1. The highest BCUT2D eigenvalue weighted by atomic mass is 16.6. The van der Waals surface area contributed by atoms with E-state index in [1.807, 2.05) is 81.4 Å². The molecule has 0 spiro atoms. The molecule has 0 aliphatic carbocycles. The largest absolute Gasteiger partial charge is 0.449 e. The summed E-state index contributed by atoms with van der Waals surface area (Å²) in [5.74, 6) is 1.01. The normalized spacial score (nSPS) is 11.1. The van der Waals surface area contributed by atoms with Crippen LogP contribution >= 0.6 is 0 Å². The number of ether oxygens (including phenoxy) is 1. The summed E-state index contributed by atoms with van der Waals surface area (Å²) >= 11 is 0. The number of para-hydroxylation sites is 1. The number of anilines is 1. The molecule has 0 aliphatic rings. The Balaban J connectivity index is 1.52. The summed E-state index contributed by atoms with van der Waals surface area (Å²) in [5, 5.41) is 16.5. The lowest BCUT2D eigenvalue weighted by Gasteiger charge is -2.34. The Morgan fingerprint density at radius 3 is 2.07 bits per heavy atom. The zero-order chi connectivity index (χ0) is 20.7. The average Bonchev–Trinajstić information content (AvgIpc) is 2.72. The van der Waals surface area contributed by atoms with Gasteiger partial charge in [0.2, 0.25) is 5.82 Å². The third-order valence-corrected chi connectivity index (χ3v) is 4.19. The van der Waals surface area contributed by atoms with Crippen LogP contribution in [0, 0.1) is 0 Å². The second kappa shape index (κ2) is 9.23. The van der Waals surface area contributed by atoms with Gasteiger partial charge in [-0.05, 0) is 39.3 Å². The summed E-state index contributed by atoms with van der Waals surface area (Å²) in [7, 11) is 0. The summed E-state index contributed by atoms with van der Waals surface area (Å²) in [6.45, 7) is 6.18. The molecule has 150 valence electrons. The first-order chi connectivity index (χ1) is 13.9. The van der Waals surface area contributed by atoms with Crippen LogP contribution in [-0.2, 0) is 11.2 Å². The fraction of sp³-hybridized carbons (Fsp3) is 0.318. The van der Waals surface area contributed by atoms with E-state index < -0.39 is 5.54 Å². The van der Waals surface area contributed by atoms with Crippen LogP contribution in [0.2, 0.25) is 0 Å². The Morgan fingerprint density at radius 1 is 0.897 bits per heavy atom. The quantitative estimate of drug-likeness (QED) is 0.583. The first kappa shape index (κ1) is 20.4. The lowest BCUT2D eigenvalue weighted by Crippen LogP contribution is -2.46. The molecule has 0 atom stereocenters. The van der Waals surface area contributed by atoms with Crippen LogP contribution in [0.5, 0.6) is 0 Å². The molecule has 0 unspecified atom stereocenters. The van der Waals surface area contributed by atoms with E-state index in [-0.39, 0.29) is 12.7 Å². The number of amides is 1. The van der Waals surface area contributed by atoms with Crippen molar-refractivity contribution in [2.24, 2.45) is 0 Å². The topological polar surface area (TPSA) is 81.1 Å². The predicted octanol–water partition coefficient (Wildman–Crippen LogP) is 4.31. The minimum atomic E-state index is -0.400. The molecule has 0 saturated carbocycles. The van der Waals surface area contributed by atoms with Gasteiger partial charge in [-0.1, -0.05) is 48.5 Å². The highest BCUT2D eigenvalue weighted by Crippen LogP contribution is 2.24. The molecule has 3 rings (SSSR count). The monoisotopic (exact) mass is 391 g/mol. The summed E-state index contributed by atoms with van der Waals surface area (Å²) in [5.41, 5.74) is 1.28. The van der Waals surface area contributed by atoms with Crippen molar-refractivity contribution in [3.63, 3.8) is 0 Å². The maximum Gasteiger partial charge on any atom is 0.414 e. The fourth-order valence-electron chi connectivity index (χ4n) is 2.85. The highest BCUT2D eigenvalue weighted by Gasteiger charge is 2.29. The molecule has 29 heavy (non-hydrogen) atoms. The smallest absolute Gasteiger partial charge is 0.414 e. The molecule has 1 heterocycles. The molecule has 0 radical (unpaired) electrons.